The molecule has 0 aromatic heterocycles. The summed E-state index contributed by atoms with van der Waals surface area (Å²) in [4.78, 5) is 53.2. The fraction of sp³-hybridized carbons (Fsp3) is 0.942. The van der Waals surface area contributed by atoms with Crippen LogP contribution < -0.4 is 0 Å². The van der Waals surface area contributed by atoms with E-state index in [0.29, 0.717) is 25.7 Å². The highest BCUT2D eigenvalue weighted by molar-refractivity contribution is 5.71. The van der Waals surface area contributed by atoms with Crippen molar-refractivity contribution in [2.24, 2.45) is 5.41 Å². The first-order valence-electron chi connectivity index (χ1n) is 34.4. The number of esters is 4. The second-order valence-electron chi connectivity index (χ2n) is 24.1. The number of ether oxygens (including phenoxy) is 4. The Bertz CT molecular complexity index is 1060. The molecule has 0 spiro atoms. The van der Waals surface area contributed by atoms with E-state index in [4.69, 9.17) is 18.9 Å². The zero-order chi connectivity index (χ0) is 56.1. The van der Waals surface area contributed by atoms with Gasteiger partial charge in [0.1, 0.15) is 31.8 Å². The Hall–Kier alpha value is -2.12. The molecule has 0 N–H and O–H groups in total. The Morgan fingerprint density at radius 3 is 0.442 bits per heavy atom. The molecular weight excluding hydrogens is 957 g/mol. The van der Waals surface area contributed by atoms with Gasteiger partial charge in [0.2, 0.25) is 0 Å². The van der Waals surface area contributed by atoms with E-state index in [1.54, 1.807) is 0 Å². The minimum Gasteiger partial charge on any atom is -0.465 e. The standard InChI is InChI=1S/C69H132O8/c1-5-9-13-17-21-25-29-33-37-41-45-49-53-57-65(70)74-61-69(62-75-66(71)58-54-50-46-42-38-34-30-26-22-18-14-10-6-2,63-76-67(72)59-55-51-47-43-39-35-31-27-23-19-15-11-7-3)64-77-68(73)60-56-52-48-44-40-36-32-28-24-20-16-12-8-4/h5-64H2,1-4H3. The predicted molar refractivity (Wildman–Crippen MR) is 328 cm³/mol. The molecule has 0 bridgehead atoms. The molecule has 0 aliphatic rings. The van der Waals surface area contributed by atoms with E-state index in [0.717, 1.165) is 77.0 Å². The third kappa shape index (κ3) is 56.9. The van der Waals surface area contributed by atoms with Crippen molar-refractivity contribution >= 4 is 23.9 Å². The summed E-state index contributed by atoms with van der Waals surface area (Å²) in [5.74, 6) is -1.31. The molecule has 0 aromatic carbocycles. The number of hydrogen-bond donors (Lipinski definition) is 0. The zero-order valence-corrected chi connectivity index (χ0v) is 52.2. The molecule has 0 atom stereocenters. The molecule has 0 heterocycles. The van der Waals surface area contributed by atoms with E-state index >= 15 is 0 Å². The molecule has 0 fully saturated rings. The second kappa shape index (κ2) is 61.5. The Balaban J connectivity index is 5.42. The first kappa shape index (κ1) is 74.9. The van der Waals surface area contributed by atoms with Crippen LogP contribution in [-0.4, -0.2) is 50.3 Å². The number of rotatable bonds is 64. The van der Waals surface area contributed by atoms with Gasteiger partial charge in [-0.25, -0.2) is 0 Å². The van der Waals surface area contributed by atoms with Crippen LogP contribution in [0.25, 0.3) is 0 Å². The molecule has 0 saturated heterocycles. The lowest BCUT2D eigenvalue weighted by atomic mass is 9.92. The molecule has 456 valence electrons. The Labute approximate surface area is 479 Å². The quantitative estimate of drug-likeness (QED) is 0.0337. The Morgan fingerprint density at radius 2 is 0.312 bits per heavy atom. The van der Waals surface area contributed by atoms with Crippen molar-refractivity contribution in [3.05, 3.63) is 0 Å². The molecule has 8 heteroatoms. The highest BCUT2D eigenvalue weighted by Crippen LogP contribution is 2.25. The van der Waals surface area contributed by atoms with Gasteiger partial charge in [0, 0.05) is 25.7 Å². The van der Waals surface area contributed by atoms with Crippen LogP contribution in [0.15, 0.2) is 0 Å². The summed E-state index contributed by atoms with van der Waals surface area (Å²) in [5.41, 5.74) is -1.20. The van der Waals surface area contributed by atoms with Crippen LogP contribution in [0.3, 0.4) is 0 Å². The van der Waals surface area contributed by atoms with Crippen LogP contribution in [0.2, 0.25) is 0 Å². The van der Waals surface area contributed by atoms with Crippen molar-refractivity contribution in [2.75, 3.05) is 26.4 Å². The van der Waals surface area contributed by atoms with Gasteiger partial charge in [-0.05, 0) is 25.7 Å². The maximum absolute atomic E-state index is 13.3. The molecule has 0 radical (unpaired) electrons. The molecule has 8 nitrogen and oxygen atoms in total. The summed E-state index contributed by atoms with van der Waals surface area (Å²) < 4.78 is 23.8. The van der Waals surface area contributed by atoms with Crippen molar-refractivity contribution in [3.8, 4) is 0 Å². The van der Waals surface area contributed by atoms with Gasteiger partial charge in [0.25, 0.3) is 0 Å². The molecular formula is C69H132O8. The van der Waals surface area contributed by atoms with Crippen molar-refractivity contribution < 1.29 is 38.1 Å². The summed E-state index contributed by atoms with van der Waals surface area (Å²) in [6.45, 7) is 8.43. The molecule has 0 saturated carbocycles. The molecule has 77 heavy (non-hydrogen) atoms. The maximum Gasteiger partial charge on any atom is 0.305 e. The zero-order valence-electron chi connectivity index (χ0n) is 52.2. The Morgan fingerprint density at radius 1 is 0.195 bits per heavy atom. The Kier molecular flexibility index (Phi) is 59.8. The lowest BCUT2D eigenvalue weighted by molar-refractivity contribution is -0.170. The predicted octanol–water partition coefficient (Wildman–Crippen LogP) is 22.1. The van der Waals surface area contributed by atoms with Gasteiger partial charge < -0.3 is 18.9 Å². The van der Waals surface area contributed by atoms with Crippen molar-refractivity contribution in [3.63, 3.8) is 0 Å². The SMILES string of the molecule is CCCCCCCCCCCCCCCC(=O)OCC(COC(=O)CCCCCCCCCCCCCCC)(COC(=O)CCCCCCCCCCCCCCC)COC(=O)CCCCCCCCCCCCCCC. The van der Waals surface area contributed by atoms with Crippen molar-refractivity contribution in [1.82, 2.24) is 0 Å². The number of carbonyl (C=O) groups excluding carboxylic acids is 4. The average molecular weight is 1090 g/mol. The van der Waals surface area contributed by atoms with Crippen molar-refractivity contribution in [1.29, 1.82) is 0 Å². The summed E-state index contributed by atoms with van der Waals surface area (Å²) in [6.07, 6.45) is 65.0. The topological polar surface area (TPSA) is 105 Å². The van der Waals surface area contributed by atoms with Gasteiger partial charge >= 0.3 is 23.9 Å². The fourth-order valence-electron chi connectivity index (χ4n) is 10.6. The van der Waals surface area contributed by atoms with E-state index in [9.17, 15) is 19.2 Å². The lowest BCUT2D eigenvalue weighted by Crippen LogP contribution is -2.44. The highest BCUT2D eigenvalue weighted by Gasteiger charge is 2.38. The van der Waals surface area contributed by atoms with Gasteiger partial charge in [0.15, 0.2) is 0 Å². The number of hydrogen-bond acceptors (Lipinski definition) is 8. The van der Waals surface area contributed by atoms with Crippen LogP contribution in [-0.2, 0) is 38.1 Å². The van der Waals surface area contributed by atoms with E-state index in [1.807, 2.05) is 0 Å². The minimum atomic E-state index is -1.20. The molecule has 0 rings (SSSR count). The smallest absolute Gasteiger partial charge is 0.305 e. The largest absolute Gasteiger partial charge is 0.465 e. The summed E-state index contributed by atoms with van der Waals surface area (Å²) in [6, 6.07) is 0. The van der Waals surface area contributed by atoms with E-state index in [1.165, 1.54) is 257 Å². The van der Waals surface area contributed by atoms with Crippen LogP contribution in [0.5, 0.6) is 0 Å². The third-order valence-corrected chi connectivity index (χ3v) is 16.1. The summed E-state index contributed by atoms with van der Waals surface area (Å²) in [7, 11) is 0. The monoisotopic (exact) mass is 1090 g/mol. The summed E-state index contributed by atoms with van der Waals surface area (Å²) >= 11 is 0. The third-order valence-electron chi connectivity index (χ3n) is 16.1. The summed E-state index contributed by atoms with van der Waals surface area (Å²) in [5, 5.41) is 0. The van der Waals surface area contributed by atoms with Crippen LogP contribution in [0.4, 0.5) is 0 Å². The van der Waals surface area contributed by atoms with Crippen LogP contribution in [0, 0.1) is 5.41 Å². The number of unbranched alkanes of at least 4 members (excludes halogenated alkanes) is 48. The van der Waals surface area contributed by atoms with Gasteiger partial charge in [-0.3, -0.25) is 19.2 Å². The molecule has 0 aliphatic carbocycles. The van der Waals surface area contributed by atoms with Gasteiger partial charge in [-0.15, -0.1) is 0 Å². The van der Waals surface area contributed by atoms with E-state index in [-0.39, 0.29) is 50.3 Å². The second-order valence-corrected chi connectivity index (χ2v) is 24.1. The van der Waals surface area contributed by atoms with Gasteiger partial charge in [-0.1, -0.05) is 336 Å². The molecule has 0 unspecified atom stereocenters. The normalized spacial score (nSPS) is 11.6. The first-order valence-corrected chi connectivity index (χ1v) is 34.4. The van der Waals surface area contributed by atoms with Crippen LogP contribution in [0.1, 0.15) is 387 Å². The molecule has 0 aromatic rings. The lowest BCUT2D eigenvalue weighted by Gasteiger charge is -2.31. The van der Waals surface area contributed by atoms with Gasteiger partial charge in [0.05, 0.1) is 0 Å². The van der Waals surface area contributed by atoms with E-state index in [2.05, 4.69) is 27.7 Å². The van der Waals surface area contributed by atoms with Crippen molar-refractivity contribution in [2.45, 2.75) is 387 Å². The maximum atomic E-state index is 13.3. The highest BCUT2D eigenvalue weighted by atomic mass is 16.6. The van der Waals surface area contributed by atoms with E-state index < -0.39 is 5.41 Å². The fourth-order valence-corrected chi connectivity index (χ4v) is 10.6. The van der Waals surface area contributed by atoms with Crippen LogP contribution >= 0.6 is 0 Å². The molecule has 0 aliphatic heterocycles. The number of carbonyl (C=O) groups is 4. The molecule has 0 amide bonds. The minimum absolute atomic E-state index is 0.158. The van der Waals surface area contributed by atoms with Gasteiger partial charge in [-0.2, -0.15) is 0 Å². The average Bonchev–Trinajstić information content (AvgIpc) is 3.43. The first-order chi connectivity index (χ1) is 37.8.